The third-order valence-electron chi connectivity index (χ3n) is 3.62. The normalized spacial score (nSPS) is 10.4. The van der Waals surface area contributed by atoms with Gasteiger partial charge in [-0.3, -0.25) is 0 Å². The number of ether oxygens (including phenoxy) is 1. The van der Waals surface area contributed by atoms with Crippen molar-refractivity contribution in [2.24, 2.45) is 0 Å². The molecule has 3 aromatic rings. The predicted octanol–water partition coefficient (Wildman–Crippen LogP) is 4.37. The van der Waals surface area contributed by atoms with Crippen molar-refractivity contribution in [1.82, 2.24) is 15.2 Å². The Morgan fingerprint density at radius 3 is 2.52 bits per heavy atom. The fraction of sp³-hybridized carbons (Fsp3) is 0.211. The molecule has 1 aromatic heterocycles. The standard InChI is InChI=1S/C19H21N5O/c1-4-25-16-8-6-15(7-9-16)21-18-12-20-24-19(23-18)22-17-10-5-13(2)11-14(17)3/h5-12H,4H2,1-3H3,(H2,21,22,23,24). The second-order valence-corrected chi connectivity index (χ2v) is 5.69. The molecule has 0 aliphatic rings. The SMILES string of the molecule is CCOc1ccc(Nc2cnnc(Nc3ccc(C)cc3C)n2)cc1. The molecular formula is C19H21N5O. The quantitative estimate of drug-likeness (QED) is 0.697. The van der Waals surface area contributed by atoms with Crippen LogP contribution in [0.25, 0.3) is 0 Å². The number of anilines is 4. The Bertz CT molecular complexity index is 849. The molecule has 0 atom stereocenters. The fourth-order valence-corrected chi connectivity index (χ4v) is 2.44. The minimum atomic E-state index is 0.447. The smallest absolute Gasteiger partial charge is 0.249 e. The number of hydrogen-bond donors (Lipinski definition) is 2. The highest BCUT2D eigenvalue weighted by atomic mass is 16.5. The van der Waals surface area contributed by atoms with E-state index in [-0.39, 0.29) is 0 Å². The molecule has 1 heterocycles. The van der Waals surface area contributed by atoms with Gasteiger partial charge >= 0.3 is 0 Å². The topological polar surface area (TPSA) is 72.0 Å². The minimum absolute atomic E-state index is 0.447. The van der Waals surface area contributed by atoms with Crippen molar-refractivity contribution in [2.75, 3.05) is 17.2 Å². The summed E-state index contributed by atoms with van der Waals surface area (Å²) in [7, 11) is 0. The van der Waals surface area contributed by atoms with Gasteiger partial charge in [-0.2, -0.15) is 10.1 Å². The summed E-state index contributed by atoms with van der Waals surface area (Å²) in [6, 6.07) is 13.9. The summed E-state index contributed by atoms with van der Waals surface area (Å²) in [5.74, 6) is 1.90. The van der Waals surface area contributed by atoms with Crippen LogP contribution < -0.4 is 15.4 Å². The average Bonchev–Trinajstić information content (AvgIpc) is 2.60. The third-order valence-corrected chi connectivity index (χ3v) is 3.62. The highest BCUT2D eigenvalue weighted by Crippen LogP contribution is 2.21. The molecule has 128 valence electrons. The second kappa shape index (κ2) is 7.61. The molecule has 0 saturated heterocycles. The first kappa shape index (κ1) is 16.7. The highest BCUT2D eigenvalue weighted by Gasteiger charge is 2.04. The summed E-state index contributed by atoms with van der Waals surface area (Å²) in [5.41, 5.74) is 4.22. The van der Waals surface area contributed by atoms with E-state index in [1.165, 1.54) is 5.56 Å². The molecule has 0 fully saturated rings. The Balaban J connectivity index is 1.72. The number of aryl methyl sites for hydroxylation is 2. The lowest BCUT2D eigenvalue weighted by atomic mass is 10.1. The van der Waals surface area contributed by atoms with E-state index in [0.717, 1.165) is 22.7 Å². The van der Waals surface area contributed by atoms with E-state index in [1.807, 2.05) is 50.2 Å². The van der Waals surface area contributed by atoms with E-state index >= 15 is 0 Å². The van der Waals surface area contributed by atoms with Crippen molar-refractivity contribution in [1.29, 1.82) is 0 Å². The first-order valence-electron chi connectivity index (χ1n) is 8.18. The summed E-state index contributed by atoms with van der Waals surface area (Å²) < 4.78 is 5.44. The van der Waals surface area contributed by atoms with Crippen molar-refractivity contribution in [2.45, 2.75) is 20.8 Å². The molecule has 6 heteroatoms. The number of aromatic nitrogens is 3. The van der Waals surface area contributed by atoms with E-state index in [0.29, 0.717) is 18.4 Å². The second-order valence-electron chi connectivity index (χ2n) is 5.69. The van der Waals surface area contributed by atoms with Crippen LogP contribution in [0.5, 0.6) is 5.75 Å². The molecule has 6 nitrogen and oxygen atoms in total. The molecule has 2 N–H and O–H groups in total. The lowest BCUT2D eigenvalue weighted by Crippen LogP contribution is -2.03. The molecule has 25 heavy (non-hydrogen) atoms. The molecule has 3 rings (SSSR count). The zero-order valence-electron chi connectivity index (χ0n) is 14.6. The van der Waals surface area contributed by atoms with Crippen molar-refractivity contribution >= 4 is 23.1 Å². The summed E-state index contributed by atoms with van der Waals surface area (Å²) in [6.07, 6.45) is 1.59. The van der Waals surface area contributed by atoms with E-state index in [9.17, 15) is 0 Å². The lowest BCUT2D eigenvalue weighted by molar-refractivity contribution is 0.340. The molecular weight excluding hydrogens is 314 g/mol. The van der Waals surface area contributed by atoms with Gasteiger partial charge in [0.25, 0.3) is 0 Å². The van der Waals surface area contributed by atoms with Gasteiger partial charge in [-0.05, 0) is 56.7 Å². The number of rotatable bonds is 6. The maximum absolute atomic E-state index is 5.44. The highest BCUT2D eigenvalue weighted by molar-refractivity contribution is 5.61. The Kier molecular flexibility index (Phi) is 5.09. The van der Waals surface area contributed by atoms with Gasteiger partial charge in [0.2, 0.25) is 5.95 Å². The van der Waals surface area contributed by atoms with Crippen LogP contribution in [0.3, 0.4) is 0 Å². The number of hydrogen-bond acceptors (Lipinski definition) is 6. The van der Waals surface area contributed by atoms with Crippen LogP contribution in [0.2, 0.25) is 0 Å². The van der Waals surface area contributed by atoms with Crippen LogP contribution >= 0.6 is 0 Å². The monoisotopic (exact) mass is 335 g/mol. The first-order valence-corrected chi connectivity index (χ1v) is 8.18. The van der Waals surface area contributed by atoms with E-state index in [1.54, 1.807) is 6.20 Å². The maximum Gasteiger partial charge on any atom is 0.249 e. The Hall–Kier alpha value is -3.15. The minimum Gasteiger partial charge on any atom is -0.494 e. The zero-order chi connectivity index (χ0) is 17.6. The van der Waals surface area contributed by atoms with Gasteiger partial charge in [-0.15, -0.1) is 5.10 Å². The van der Waals surface area contributed by atoms with Crippen LogP contribution in [0, 0.1) is 13.8 Å². The van der Waals surface area contributed by atoms with Gasteiger partial charge in [0.15, 0.2) is 5.82 Å². The molecule has 0 aliphatic carbocycles. The lowest BCUT2D eigenvalue weighted by Gasteiger charge is -2.10. The summed E-state index contributed by atoms with van der Waals surface area (Å²) in [6.45, 7) is 6.72. The van der Waals surface area contributed by atoms with Gasteiger partial charge in [0.1, 0.15) is 5.75 Å². The van der Waals surface area contributed by atoms with Crippen molar-refractivity contribution in [3.05, 3.63) is 59.8 Å². The van der Waals surface area contributed by atoms with Crippen LogP contribution in [0.15, 0.2) is 48.7 Å². The van der Waals surface area contributed by atoms with E-state index < -0.39 is 0 Å². The molecule has 2 aromatic carbocycles. The van der Waals surface area contributed by atoms with Crippen LogP contribution in [0.4, 0.5) is 23.1 Å². The van der Waals surface area contributed by atoms with Crippen LogP contribution in [0.1, 0.15) is 18.1 Å². The first-order chi connectivity index (χ1) is 12.1. The number of benzene rings is 2. The Morgan fingerprint density at radius 2 is 1.80 bits per heavy atom. The Labute approximate surface area is 147 Å². The van der Waals surface area contributed by atoms with E-state index in [4.69, 9.17) is 4.74 Å². The summed E-state index contributed by atoms with van der Waals surface area (Å²) in [4.78, 5) is 4.46. The van der Waals surface area contributed by atoms with E-state index in [2.05, 4.69) is 38.8 Å². The molecule has 0 spiro atoms. The molecule has 0 unspecified atom stereocenters. The van der Waals surface area contributed by atoms with Gasteiger partial charge in [0, 0.05) is 11.4 Å². The molecule has 0 bridgehead atoms. The summed E-state index contributed by atoms with van der Waals surface area (Å²) >= 11 is 0. The van der Waals surface area contributed by atoms with Crippen molar-refractivity contribution in [3.8, 4) is 5.75 Å². The van der Waals surface area contributed by atoms with Gasteiger partial charge < -0.3 is 15.4 Å². The van der Waals surface area contributed by atoms with Crippen LogP contribution in [-0.2, 0) is 0 Å². The number of nitrogens with zero attached hydrogens (tertiary/aromatic N) is 3. The molecule has 0 amide bonds. The average molecular weight is 335 g/mol. The molecule has 0 radical (unpaired) electrons. The predicted molar refractivity (Wildman–Crippen MR) is 99.9 cm³/mol. The zero-order valence-corrected chi connectivity index (χ0v) is 14.6. The molecule has 0 saturated carbocycles. The third kappa shape index (κ3) is 4.44. The number of nitrogens with one attached hydrogen (secondary N) is 2. The Morgan fingerprint density at radius 1 is 1.00 bits per heavy atom. The van der Waals surface area contributed by atoms with Gasteiger partial charge in [-0.25, -0.2) is 0 Å². The van der Waals surface area contributed by atoms with Crippen molar-refractivity contribution in [3.63, 3.8) is 0 Å². The largest absolute Gasteiger partial charge is 0.494 e. The van der Waals surface area contributed by atoms with Gasteiger partial charge in [0.05, 0.1) is 12.8 Å². The summed E-state index contributed by atoms with van der Waals surface area (Å²) in [5, 5.41) is 14.5. The van der Waals surface area contributed by atoms with Gasteiger partial charge in [-0.1, -0.05) is 17.7 Å². The van der Waals surface area contributed by atoms with Crippen LogP contribution in [-0.4, -0.2) is 21.8 Å². The van der Waals surface area contributed by atoms with Crippen molar-refractivity contribution < 1.29 is 4.74 Å². The fourth-order valence-electron chi connectivity index (χ4n) is 2.44. The molecule has 0 aliphatic heterocycles. The maximum atomic E-state index is 5.44.